The molecule has 4 nitrogen and oxygen atoms in total. The summed E-state index contributed by atoms with van der Waals surface area (Å²) in [6, 6.07) is 14.5. The summed E-state index contributed by atoms with van der Waals surface area (Å²) < 4.78 is 5.81. The van der Waals surface area contributed by atoms with Crippen LogP contribution in [0.25, 0.3) is 0 Å². The number of benzene rings is 1. The highest BCUT2D eigenvalue weighted by Gasteiger charge is 2.31. The quantitative estimate of drug-likeness (QED) is 0.792. The van der Waals surface area contributed by atoms with E-state index in [2.05, 4.69) is 37.9 Å². The molecule has 1 aliphatic rings. The molecule has 3 rings (SSSR count). The predicted molar refractivity (Wildman–Crippen MR) is 97.3 cm³/mol. The first-order valence-corrected chi connectivity index (χ1v) is 9.31. The number of hydrogen-bond donors (Lipinski definition) is 0. The van der Waals surface area contributed by atoms with Crippen molar-refractivity contribution < 1.29 is 9.21 Å². The molecule has 24 heavy (non-hydrogen) atoms. The van der Waals surface area contributed by atoms with Gasteiger partial charge in [-0.2, -0.15) is 0 Å². The zero-order valence-electron chi connectivity index (χ0n) is 14.4. The zero-order valence-corrected chi connectivity index (χ0v) is 15.3. The lowest BCUT2D eigenvalue weighted by molar-refractivity contribution is 0.0369. The number of rotatable bonds is 4. The monoisotopic (exact) mass is 344 g/mol. The summed E-state index contributed by atoms with van der Waals surface area (Å²) in [5.41, 5.74) is 0. The summed E-state index contributed by atoms with van der Waals surface area (Å²) >= 11 is 1.71. The van der Waals surface area contributed by atoms with Crippen molar-refractivity contribution in [3.05, 3.63) is 54.0 Å². The van der Waals surface area contributed by atoms with Crippen LogP contribution in [0.1, 0.15) is 30.2 Å². The highest BCUT2D eigenvalue weighted by atomic mass is 32.2. The first kappa shape index (κ1) is 17.1. The number of hydrogen-bond acceptors (Lipinski definition) is 4. The number of likely N-dealkylation sites (N-methyl/N-ethyl adjacent to an activating group) is 1. The van der Waals surface area contributed by atoms with Crippen LogP contribution in [-0.4, -0.2) is 47.9 Å². The topological polar surface area (TPSA) is 36.7 Å². The molecule has 1 aromatic heterocycles. The first-order chi connectivity index (χ1) is 11.5. The Balaban J connectivity index is 1.63. The largest absolute Gasteiger partial charge is 0.455 e. The molecule has 1 saturated heterocycles. The van der Waals surface area contributed by atoms with Gasteiger partial charge in [-0.3, -0.25) is 9.69 Å². The number of amides is 1. The van der Waals surface area contributed by atoms with Crippen LogP contribution in [0.4, 0.5) is 0 Å². The van der Waals surface area contributed by atoms with Gasteiger partial charge in [-0.15, -0.1) is 11.8 Å². The van der Waals surface area contributed by atoms with Gasteiger partial charge in [-0.25, -0.2) is 0 Å². The Bertz CT molecular complexity index is 686. The van der Waals surface area contributed by atoms with Gasteiger partial charge in [0.15, 0.2) is 5.76 Å². The van der Waals surface area contributed by atoms with E-state index in [1.807, 2.05) is 29.2 Å². The van der Waals surface area contributed by atoms with E-state index in [1.54, 1.807) is 17.8 Å². The van der Waals surface area contributed by atoms with Crippen molar-refractivity contribution in [3.63, 3.8) is 0 Å². The molecule has 0 N–H and O–H groups in total. The lowest BCUT2D eigenvalue weighted by Crippen LogP contribution is -2.56. The van der Waals surface area contributed by atoms with E-state index >= 15 is 0 Å². The first-order valence-electron chi connectivity index (χ1n) is 8.32. The van der Waals surface area contributed by atoms with E-state index in [0.29, 0.717) is 11.8 Å². The Kier molecular flexibility index (Phi) is 5.31. The molecule has 128 valence electrons. The van der Waals surface area contributed by atoms with Crippen molar-refractivity contribution in [3.8, 4) is 0 Å². The SMILES string of the molecule is C[C@@H]1CN(C(=O)c2ccc(CSc3ccccc3)o2)[C@@H](C)CN1C. The third kappa shape index (κ3) is 3.84. The van der Waals surface area contributed by atoms with E-state index in [-0.39, 0.29) is 11.9 Å². The summed E-state index contributed by atoms with van der Waals surface area (Å²) in [4.78, 5) is 18.2. The van der Waals surface area contributed by atoms with Crippen LogP contribution in [0.2, 0.25) is 0 Å². The van der Waals surface area contributed by atoms with Gasteiger partial charge >= 0.3 is 0 Å². The number of carbonyl (C=O) groups excluding carboxylic acids is 1. The number of thioether (sulfide) groups is 1. The number of carbonyl (C=O) groups is 1. The normalized spacial score (nSPS) is 21.9. The maximum absolute atomic E-state index is 12.8. The third-order valence-corrected chi connectivity index (χ3v) is 5.59. The van der Waals surface area contributed by atoms with Gasteiger partial charge in [-0.1, -0.05) is 18.2 Å². The second-order valence-electron chi connectivity index (χ2n) is 6.46. The molecule has 1 aliphatic heterocycles. The van der Waals surface area contributed by atoms with Crippen LogP contribution < -0.4 is 0 Å². The molecule has 5 heteroatoms. The zero-order chi connectivity index (χ0) is 17.1. The van der Waals surface area contributed by atoms with Crippen molar-refractivity contribution >= 4 is 17.7 Å². The van der Waals surface area contributed by atoms with Gasteiger partial charge in [0.25, 0.3) is 5.91 Å². The fraction of sp³-hybridized carbons (Fsp3) is 0.421. The van der Waals surface area contributed by atoms with Gasteiger partial charge in [0.1, 0.15) is 5.76 Å². The predicted octanol–water partition coefficient (Wildman–Crippen LogP) is 3.74. The Morgan fingerprint density at radius 1 is 1.12 bits per heavy atom. The lowest BCUT2D eigenvalue weighted by atomic mass is 10.1. The summed E-state index contributed by atoms with van der Waals surface area (Å²) in [7, 11) is 2.11. The molecule has 1 amide bonds. The van der Waals surface area contributed by atoms with E-state index < -0.39 is 0 Å². The smallest absolute Gasteiger partial charge is 0.289 e. The van der Waals surface area contributed by atoms with Crippen molar-refractivity contribution in [2.75, 3.05) is 20.1 Å². The third-order valence-electron chi connectivity index (χ3n) is 4.56. The minimum absolute atomic E-state index is 0.00147. The fourth-order valence-electron chi connectivity index (χ4n) is 2.97. The van der Waals surface area contributed by atoms with Gasteiger partial charge in [-0.05, 0) is 45.2 Å². The molecule has 2 atom stereocenters. The molecule has 2 heterocycles. The summed E-state index contributed by atoms with van der Waals surface area (Å²) in [5, 5.41) is 0. The fourth-order valence-corrected chi connectivity index (χ4v) is 3.78. The Morgan fingerprint density at radius 2 is 1.88 bits per heavy atom. The van der Waals surface area contributed by atoms with Crippen molar-refractivity contribution in [1.82, 2.24) is 9.80 Å². The Morgan fingerprint density at radius 3 is 2.62 bits per heavy atom. The highest BCUT2D eigenvalue weighted by Crippen LogP contribution is 2.24. The van der Waals surface area contributed by atoms with Crippen molar-refractivity contribution in [2.45, 2.75) is 36.6 Å². The van der Waals surface area contributed by atoms with Gasteiger partial charge < -0.3 is 9.32 Å². The molecule has 0 radical (unpaired) electrons. The standard InChI is InChI=1S/C19H24N2O2S/c1-14-12-21(15(2)11-20(14)3)19(22)18-10-9-16(23-18)13-24-17-7-5-4-6-8-17/h4-10,14-15H,11-13H2,1-3H3/t14-,15+/m1/s1. The Labute approximate surface area is 147 Å². The second kappa shape index (κ2) is 7.45. The summed E-state index contributed by atoms with van der Waals surface area (Å²) in [5.74, 6) is 2.01. The van der Waals surface area contributed by atoms with Crippen LogP contribution in [-0.2, 0) is 5.75 Å². The van der Waals surface area contributed by atoms with Crippen LogP contribution in [0.15, 0.2) is 51.8 Å². The lowest BCUT2D eigenvalue weighted by Gasteiger charge is -2.42. The van der Waals surface area contributed by atoms with Crippen LogP contribution in [0.3, 0.4) is 0 Å². The average Bonchev–Trinajstić information content (AvgIpc) is 3.06. The Hall–Kier alpha value is -1.72. The van der Waals surface area contributed by atoms with Crippen molar-refractivity contribution in [1.29, 1.82) is 0 Å². The highest BCUT2D eigenvalue weighted by molar-refractivity contribution is 7.98. The molecule has 0 unspecified atom stereocenters. The molecular weight excluding hydrogens is 320 g/mol. The number of furan rings is 1. The molecule has 0 aliphatic carbocycles. The summed E-state index contributed by atoms with van der Waals surface area (Å²) in [6.45, 7) is 5.88. The minimum Gasteiger partial charge on any atom is -0.455 e. The summed E-state index contributed by atoms with van der Waals surface area (Å²) in [6.07, 6.45) is 0. The van der Waals surface area contributed by atoms with Gasteiger partial charge in [0, 0.05) is 30.1 Å². The van der Waals surface area contributed by atoms with Gasteiger partial charge in [0.05, 0.1) is 5.75 Å². The van der Waals surface area contributed by atoms with Crippen LogP contribution in [0, 0.1) is 0 Å². The van der Waals surface area contributed by atoms with E-state index in [9.17, 15) is 4.79 Å². The molecule has 1 aromatic carbocycles. The maximum atomic E-state index is 12.8. The van der Waals surface area contributed by atoms with Crippen LogP contribution >= 0.6 is 11.8 Å². The molecule has 1 fully saturated rings. The average molecular weight is 344 g/mol. The minimum atomic E-state index is -0.00147. The number of piperazine rings is 1. The van der Waals surface area contributed by atoms with E-state index in [1.165, 1.54) is 4.90 Å². The maximum Gasteiger partial charge on any atom is 0.289 e. The molecule has 0 saturated carbocycles. The number of nitrogens with zero attached hydrogens (tertiary/aromatic N) is 2. The molecular formula is C19H24N2O2S. The molecule has 0 bridgehead atoms. The van der Waals surface area contributed by atoms with Crippen molar-refractivity contribution in [2.24, 2.45) is 0 Å². The second-order valence-corrected chi connectivity index (χ2v) is 7.51. The van der Waals surface area contributed by atoms with Crippen LogP contribution in [0.5, 0.6) is 0 Å². The van der Waals surface area contributed by atoms with Gasteiger partial charge in [0.2, 0.25) is 0 Å². The van der Waals surface area contributed by atoms with E-state index in [4.69, 9.17) is 4.42 Å². The van der Waals surface area contributed by atoms with E-state index in [0.717, 1.165) is 24.6 Å². The molecule has 2 aromatic rings. The molecule has 0 spiro atoms.